The monoisotopic (exact) mass is 285 g/mol. The van der Waals surface area contributed by atoms with Gasteiger partial charge in [-0.3, -0.25) is 5.43 Å². The summed E-state index contributed by atoms with van der Waals surface area (Å²) >= 11 is 0. The normalized spacial score (nSPS) is 9.95. The molecule has 0 atom stereocenters. The molecule has 1 aromatic heterocycles. The van der Waals surface area contributed by atoms with Gasteiger partial charge >= 0.3 is 6.09 Å². The number of aromatic nitrogens is 2. The van der Waals surface area contributed by atoms with Crippen LogP contribution in [0.25, 0.3) is 0 Å². The Bertz CT molecular complexity index is 394. The highest BCUT2D eigenvalue weighted by Crippen LogP contribution is 2.10. The van der Waals surface area contributed by atoms with E-state index in [1.807, 2.05) is 0 Å². The number of carbonyl (C=O) groups is 1. The molecule has 1 heterocycles. The van der Waals surface area contributed by atoms with Gasteiger partial charge in [0.25, 0.3) is 0 Å². The van der Waals surface area contributed by atoms with Gasteiger partial charge in [0, 0.05) is 13.1 Å². The van der Waals surface area contributed by atoms with E-state index in [1.165, 1.54) is 0 Å². The summed E-state index contributed by atoms with van der Waals surface area (Å²) in [5, 5.41) is 25.7. The van der Waals surface area contributed by atoms with Crippen LogP contribution in [0, 0.1) is 0 Å². The summed E-state index contributed by atoms with van der Waals surface area (Å²) in [5.74, 6) is 0.865. The zero-order valence-corrected chi connectivity index (χ0v) is 11.2. The molecule has 1 aromatic rings. The second kappa shape index (κ2) is 8.88. The quantitative estimate of drug-likeness (QED) is 0.465. The second-order valence-electron chi connectivity index (χ2n) is 3.68. The van der Waals surface area contributed by atoms with Crippen molar-refractivity contribution < 1.29 is 19.7 Å². The van der Waals surface area contributed by atoms with Crippen molar-refractivity contribution in [1.29, 1.82) is 0 Å². The Morgan fingerprint density at radius 1 is 1.30 bits per heavy atom. The van der Waals surface area contributed by atoms with Crippen LogP contribution < -0.4 is 15.8 Å². The number of aliphatic hydroxyl groups excluding tert-OH is 2. The minimum atomic E-state index is -0.611. The predicted octanol–water partition coefficient (Wildman–Crippen LogP) is -0.659. The first-order chi connectivity index (χ1) is 9.71. The third kappa shape index (κ3) is 5.24. The van der Waals surface area contributed by atoms with Gasteiger partial charge in [0.05, 0.1) is 19.8 Å². The SMILES string of the molecule is CCOC(=O)NNc1ccc(N(CCO)CCO)nn1. The average molecular weight is 285 g/mol. The lowest BCUT2D eigenvalue weighted by atomic mass is 10.4. The van der Waals surface area contributed by atoms with Crippen LogP contribution in [-0.2, 0) is 4.74 Å². The first kappa shape index (κ1) is 15.9. The summed E-state index contributed by atoms with van der Waals surface area (Å²) in [4.78, 5) is 12.7. The number of aliphatic hydroxyl groups is 2. The van der Waals surface area contributed by atoms with E-state index < -0.39 is 6.09 Å². The van der Waals surface area contributed by atoms with Gasteiger partial charge in [-0.1, -0.05) is 0 Å². The molecule has 0 aromatic carbocycles. The van der Waals surface area contributed by atoms with Crippen molar-refractivity contribution in [3.8, 4) is 0 Å². The predicted molar refractivity (Wildman–Crippen MR) is 72.2 cm³/mol. The van der Waals surface area contributed by atoms with Crippen LogP contribution in [0.3, 0.4) is 0 Å². The van der Waals surface area contributed by atoms with Crippen molar-refractivity contribution in [3.05, 3.63) is 12.1 Å². The van der Waals surface area contributed by atoms with Crippen molar-refractivity contribution in [2.45, 2.75) is 6.92 Å². The average Bonchev–Trinajstić information content (AvgIpc) is 2.46. The Labute approximate surface area is 116 Å². The van der Waals surface area contributed by atoms with Crippen LogP contribution in [0.15, 0.2) is 12.1 Å². The number of ether oxygens (including phenoxy) is 1. The van der Waals surface area contributed by atoms with Crippen molar-refractivity contribution in [1.82, 2.24) is 15.6 Å². The molecule has 20 heavy (non-hydrogen) atoms. The number of nitrogens with one attached hydrogen (secondary N) is 2. The highest BCUT2D eigenvalue weighted by atomic mass is 16.5. The molecular weight excluding hydrogens is 266 g/mol. The molecule has 0 saturated carbocycles. The van der Waals surface area contributed by atoms with Gasteiger partial charge in [-0.25, -0.2) is 10.2 Å². The Morgan fingerprint density at radius 2 is 2.00 bits per heavy atom. The summed E-state index contributed by atoms with van der Waals surface area (Å²) in [5.41, 5.74) is 4.84. The lowest BCUT2D eigenvalue weighted by Crippen LogP contribution is -2.32. The fourth-order valence-corrected chi connectivity index (χ4v) is 1.43. The molecule has 0 saturated heterocycles. The molecule has 9 nitrogen and oxygen atoms in total. The van der Waals surface area contributed by atoms with Gasteiger partial charge < -0.3 is 19.8 Å². The summed E-state index contributed by atoms with van der Waals surface area (Å²) in [6.45, 7) is 2.57. The zero-order chi connectivity index (χ0) is 14.8. The lowest BCUT2D eigenvalue weighted by Gasteiger charge is -2.21. The summed E-state index contributed by atoms with van der Waals surface area (Å²) < 4.78 is 4.66. The number of hydrogen-bond donors (Lipinski definition) is 4. The summed E-state index contributed by atoms with van der Waals surface area (Å²) in [6.07, 6.45) is -0.611. The van der Waals surface area contributed by atoms with E-state index in [9.17, 15) is 4.79 Å². The van der Waals surface area contributed by atoms with E-state index >= 15 is 0 Å². The van der Waals surface area contributed by atoms with Crippen LogP contribution >= 0.6 is 0 Å². The Kier molecular flexibility index (Phi) is 7.07. The topological polar surface area (TPSA) is 120 Å². The molecule has 0 aliphatic rings. The lowest BCUT2D eigenvalue weighted by molar-refractivity contribution is 0.154. The third-order valence-corrected chi connectivity index (χ3v) is 2.28. The number of hydrogen-bond acceptors (Lipinski definition) is 8. The molecule has 1 rings (SSSR count). The maximum Gasteiger partial charge on any atom is 0.425 e. The van der Waals surface area contributed by atoms with Crippen molar-refractivity contribution in [2.75, 3.05) is 43.2 Å². The van der Waals surface area contributed by atoms with Crippen LogP contribution in [0.4, 0.5) is 16.4 Å². The zero-order valence-electron chi connectivity index (χ0n) is 11.2. The number of nitrogens with zero attached hydrogens (tertiary/aromatic N) is 3. The Morgan fingerprint density at radius 3 is 2.50 bits per heavy atom. The molecular formula is C11H19N5O4. The highest BCUT2D eigenvalue weighted by molar-refractivity contribution is 5.68. The van der Waals surface area contributed by atoms with E-state index in [0.29, 0.717) is 24.7 Å². The minimum Gasteiger partial charge on any atom is -0.449 e. The van der Waals surface area contributed by atoms with Crippen LogP contribution in [0.5, 0.6) is 0 Å². The van der Waals surface area contributed by atoms with Gasteiger partial charge in [0.15, 0.2) is 11.6 Å². The summed E-state index contributed by atoms with van der Waals surface area (Å²) in [6, 6.07) is 3.27. The molecule has 0 spiro atoms. The molecule has 0 fully saturated rings. The molecule has 0 unspecified atom stereocenters. The third-order valence-electron chi connectivity index (χ3n) is 2.28. The number of anilines is 2. The fourth-order valence-electron chi connectivity index (χ4n) is 1.43. The summed E-state index contributed by atoms with van der Waals surface area (Å²) in [7, 11) is 0. The van der Waals surface area contributed by atoms with E-state index in [-0.39, 0.29) is 19.8 Å². The molecule has 1 amide bonds. The second-order valence-corrected chi connectivity index (χ2v) is 3.68. The van der Waals surface area contributed by atoms with Crippen molar-refractivity contribution in [2.24, 2.45) is 0 Å². The largest absolute Gasteiger partial charge is 0.449 e. The highest BCUT2D eigenvalue weighted by Gasteiger charge is 2.08. The van der Waals surface area contributed by atoms with Crippen LogP contribution in [-0.4, -0.2) is 59.4 Å². The van der Waals surface area contributed by atoms with Crippen molar-refractivity contribution >= 4 is 17.7 Å². The van der Waals surface area contributed by atoms with E-state index in [4.69, 9.17) is 10.2 Å². The van der Waals surface area contributed by atoms with Gasteiger partial charge in [0.2, 0.25) is 0 Å². The number of rotatable bonds is 8. The van der Waals surface area contributed by atoms with E-state index in [2.05, 4.69) is 25.8 Å². The van der Waals surface area contributed by atoms with Crippen LogP contribution in [0.2, 0.25) is 0 Å². The molecule has 112 valence electrons. The molecule has 0 aliphatic carbocycles. The van der Waals surface area contributed by atoms with Gasteiger partial charge in [-0.2, -0.15) is 0 Å². The fraction of sp³-hybridized carbons (Fsp3) is 0.545. The first-order valence-corrected chi connectivity index (χ1v) is 6.20. The van der Waals surface area contributed by atoms with E-state index in [0.717, 1.165) is 0 Å². The van der Waals surface area contributed by atoms with Crippen LogP contribution in [0.1, 0.15) is 6.92 Å². The smallest absolute Gasteiger partial charge is 0.425 e. The number of amides is 1. The molecule has 0 aliphatic heterocycles. The molecule has 9 heteroatoms. The Balaban J connectivity index is 2.56. The number of carbonyl (C=O) groups excluding carboxylic acids is 1. The first-order valence-electron chi connectivity index (χ1n) is 6.20. The Hall–Kier alpha value is -2.13. The molecule has 0 bridgehead atoms. The van der Waals surface area contributed by atoms with E-state index in [1.54, 1.807) is 24.0 Å². The van der Waals surface area contributed by atoms with Crippen molar-refractivity contribution in [3.63, 3.8) is 0 Å². The maximum absolute atomic E-state index is 11.1. The standard InChI is InChI=1S/C11H19N5O4/c1-2-20-11(19)15-13-9-3-4-10(14-12-9)16(5-7-17)6-8-18/h3-4,17-18H,2,5-8H2,1H3,(H,12,13)(H,15,19). The number of hydrazine groups is 1. The van der Waals surface area contributed by atoms with Gasteiger partial charge in [0.1, 0.15) is 0 Å². The molecule has 0 radical (unpaired) electrons. The maximum atomic E-state index is 11.1. The molecule has 4 N–H and O–H groups in total. The van der Waals surface area contributed by atoms with Gasteiger partial charge in [-0.05, 0) is 19.1 Å². The van der Waals surface area contributed by atoms with Gasteiger partial charge in [-0.15, -0.1) is 10.2 Å². The minimum absolute atomic E-state index is 0.0495.